The van der Waals surface area contributed by atoms with Gasteiger partial charge in [0.15, 0.2) is 11.6 Å². The predicted octanol–water partition coefficient (Wildman–Crippen LogP) is 5.18. The summed E-state index contributed by atoms with van der Waals surface area (Å²) in [5, 5.41) is 11.8. The van der Waals surface area contributed by atoms with Crippen LogP contribution in [-0.4, -0.2) is 58.3 Å². The number of aromatic amines is 1. The fourth-order valence-corrected chi connectivity index (χ4v) is 8.10. The van der Waals surface area contributed by atoms with Crippen molar-refractivity contribution in [3.63, 3.8) is 0 Å². The molecule has 1 aliphatic heterocycles. The topological polar surface area (TPSA) is 101 Å². The second kappa shape index (κ2) is 10.8. The minimum atomic E-state index is -3.44. The van der Waals surface area contributed by atoms with Gasteiger partial charge in [-0.15, -0.1) is 0 Å². The first-order valence-electron chi connectivity index (χ1n) is 13.5. The molecule has 1 saturated carbocycles. The van der Waals surface area contributed by atoms with Gasteiger partial charge in [-0.25, -0.2) is 26.5 Å². The Morgan fingerprint density at radius 3 is 2.72 bits per heavy atom. The summed E-state index contributed by atoms with van der Waals surface area (Å²) >= 11 is 0. The van der Waals surface area contributed by atoms with Crippen LogP contribution in [0.3, 0.4) is 0 Å². The average molecular weight is 556 g/mol. The molecule has 1 unspecified atom stereocenters. The van der Waals surface area contributed by atoms with Crippen LogP contribution in [0.15, 0.2) is 42.9 Å². The summed E-state index contributed by atoms with van der Waals surface area (Å²) in [6, 6.07) is 5.21. The van der Waals surface area contributed by atoms with Crippen LogP contribution in [0.4, 0.5) is 8.78 Å². The molecule has 1 saturated heterocycles. The molecular formula is C28H31F2N5O3S. The van der Waals surface area contributed by atoms with Crippen molar-refractivity contribution in [2.75, 3.05) is 25.4 Å². The van der Waals surface area contributed by atoms with Gasteiger partial charge in [-0.2, -0.15) is 10.2 Å². The standard InChI is InChI=1S/C28H31F2N5O3S/c29-22-7-8-25(24(30)12-22)38-16-19-2-1-11-35(15-19)39(36,37)17-18-3-5-20(6-4-18)27-26-21(14-33-34-27)13-32-28-23(26)9-10-31-28/h7-10,12-14,18-20H,1-6,11,15-17H2,(H,31,32). The summed E-state index contributed by atoms with van der Waals surface area (Å²) in [6.45, 7) is 1.04. The zero-order valence-corrected chi connectivity index (χ0v) is 22.3. The SMILES string of the molecule is O=S(=O)(CC1CCC(c2nncc3cnc4[nH]ccc4c23)CC1)N1CCCC(COc2ccc(F)cc2F)C1. The monoisotopic (exact) mass is 555 g/mol. The van der Waals surface area contributed by atoms with E-state index in [1.807, 2.05) is 18.5 Å². The Labute approximate surface area is 225 Å². The molecule has 1 aliphatic carbocycles. The third-order valence-corrected chi connectivity index (χ3v) is 10.2. The number of ether oxygens (including phenoxy) is 1. The molecule has 39 heavy (non-hydrogen) atoms. The third kappa shape index (κ3) is 5.47. The number of hydrogen-bond acceptors (Lipinski definition) is 6. The molecular weight excluding hydrogens is 524 g/mol. The summed E-state index contributed by atoms with van der Waals surface area (Å²) in [5.74, 6) is -1.03. The van der Waals surface area contributed by atoms with Crippen molar-refractivity contribution < 1.29 is 21.9 Å². The number of hydrogen-bond donors (Lipinski definition) is 1. The van der Waals surface area contributed by atoms with Crippen molar-refractivity contribution in [2.45, 2.75) is 44.4 Å². The van der Waals surface area contributed by atoms with Gasteiger partial charge in [-0.3, -0.25) is 0 Å². The van der Waals surface area contributed by atoms with E-state index in [9.17, 15) is 17.2 Å². The van der Waals surface area contributed by atoms with Crippen LogP contribution in [0.2, 0.25) is 0 Å². The van der Waals surface area contributed by atoms with Gasteiger partial charge in [0.25, 0.3) is 0 Å². The number of rotatable bonds is 7. The highest BCUT2D eigenvalue weighted by molar-refractivity contribution is 7.89. The lowest BCUT2D eigenvalue weighted by molar-refractivity contribution is 0.175. The number of benzene rings is 1. The van der Waals surface area contributed by atoms with Gasteiger partial charge >= 0.3 is 0 Å². The zero-order valence-electron chi connectivity index (χ0n) is 21.5. The molecule has 6 rings (SSSR count). The molecule has 2 fully saturated rings. The fraction of sp³-hybridized carbons (Fsp3) is 0.464. The second-order valence-corrected chi connectivity index (χ2v) is 12.8. The maximum Gasteiger partial charge on any atom is 0.214 e. The second-order valence-electron chi connectivity index (χ2n) is 10.8. The summed E-state index contributed by atoms with van der Waals surface area (Å²) in [7, 11) is -3.44. The average Bonchev–Trinajstić information content (AvgIpc) is 3.42. The van der Waals surface area contributed by atoms with Crippen LogP contribution >= 0.6 is 0 Å². The molecule has 1 N–H and O–H groups in total. The lowest BCUT2D eigenvalue weighted by atomic mass is 9.80. The number of piperidine rings is 1. The zero-order chi connectivity index (χ0) is 27.0. The van der Waals surface area contributed by atoms with E-state index in [0.717, 1.165) is 78.2 Å². The number of sulfonamides is 1. The quantitative estimate of drug-likeness (QED) is 0.337. The van der Waals surface area contributed by atoms with E-state index < -0.39 is 21.7 Å². The van der Waals surface area contributed by atoms with Crippen molar-refractivity contribution in [3.05, 3.63) is 60.2 Å². The van der Waals surface area contributed by atoms with Crippen molar-refractivity contribution in [1.29, 1.82) is 0 Å². The minimum Gasteiger partial charge on any atom is -0.490 e. The van der Waals surface area contributed by atoms with Crippen LogP contribution in [-0.2, 0) is 10.0 Å². The molecule has 0 amide bonds. The molecule has 206 valence electrons. The summed E-state index contributed by atoms with van der Waals surface area (Å²) < 4.78 is 60.9. The maximum atomic E-state index is 13.9. The van der Waals surface area contributed by atoms with Gasteiger partial charge in [0.2, 0.25) is 10.0 Å². The van der Waals surface area contributed by atoms with Gasteiger partial charge in [-0.05, 0) is 62.6 Å². The third-order valence-electron chi connectivity index (χ3n) is 8.16. The van der Waals surface area contributed by atoms with Gasteiger partial charge in [0, 0.05) is 59.5 Å². The van der Waals surface area contributed by atoms with E-state index in [2.05, 4.69) is 20.2 Å². The molecule has 1 aromatic carbocycles. The number of fused-ring (bicyclic) bond motifs is 3. The highest BCUT2D eigenvalue weighted by Crippen LogP contribution is 2.39. The smallest absolute Gasteiger partial charge is 0.214 e. The van der Waals surface area contributed by atoms with E-state index in [4.69, 9.17) is 4.74 Å². The first-order valence-corrected chi connectivity index (χ1v) is 15.1. The van der Waals surface area contributed by atoms with Crippen LogP contribution in [0.25, 0.3) is 21.8 Å². The van der Waals surface area contributed by atoms with Crippen LogP contribution < -0.4 is 4.74 Å². The fourth-order valence-electron chi connectivity index (χ4n) is 6.12. The van der Waals surface area contributed by atoms with Gasteiger partial charge in [0.1, 0.15) is 11.5 Å². The van der Waals surface area contributed by atoms with E-state index in [1.54, 1.807) is 10.5 Å². The summed E-state index contributed by atoms with van der Waals surface area (Å²) in [6.07, 6.45) is 10.3. The minimum absolute atomic E-state index is 0.0162. The molecule has 0 spiro atoms. The van der Waals surface area contributed by atoms with E-state index in [-0.39, 0.29) is 35.9 Å². The molecule has 0 radical (unpaired) electrons. The van der Waals surface area contributed by atoms with Crippen molar-refractivity contribution in [1.82, 2.24) is 24.5 Å². The molecule has 2 aliphatic rings. The highest BCUT2D eigenvalue weighted by atomic mass is 32.2. The molecule has 4 heterocycles. The van der Waals surface area contributed by atoms with Crippen LogP contribution in [0, 0.1) is 23.5 Å². The lowest BCUT2D eigenvalue weighted by Crippen LogP contribution is -2.43. The van der Waals surface area contributed by atoms with Crippen molar-refractivity contribution in [3.8, 4) is 5.75 Å². The largest absolute Gasteiger partial charge is 0.490 e. The van der Waals surface area contributed by atoms with Gasteiger partial charge in [0.05, 0.1) is 24.3 Å². The van der Waals surface area contributed by atoms with E-state index in [1.165, 1.54) is 6.07 Å². The molecule has 8 nitrogen and oxygen atoms in total. The number of aromatic nitrogens is 4. The molecule has 0 bridgehead atoms. The van der Waals surface area contributed by atoms with Crippen LogP contribution in [0.5, 0.6) is 5.75 Å². The Hall–Kier alpha value is -3.18. The summed E-state index contributed by atoms with van der Waals surface area (Å²) in [5.41, 5.74) is 1.79. The Morgan fingerprint density at radius 2 is 1.90 bits per heavy atom. The molecule has 1 atom stereocenters. The Kier molecular flexibility index (Phi) is 7.20. The highest BCUT2D eigenvalue weighted by Gasteiger charge is 2.34. The maximum absolute atomic E-state index is 13.9. The van der Waals surface area contributed by atoms with Gasteiger partial charge in [-0.1, -0.05) is 0 Å². The Morgan fingerprint density at radius 1 is 1.05 bits per heavy atom. The summed E-state index contributed by atoms with van der Waals surface area (Å²) in [4.78, 5) is 7.62. The van der Waals surface area contributed by atoms with Gasteiger partial charge < -0.3 is 9.72 Å². The Bertz CT molecular complexity index is 1590. The number of halogens is 2. The van der Waals surface area contributed by atoms with Crippen LogP contribution in [0.1, 0.15) is 50.1 Å². The number of pyridine rings is 1. The normalized spacial score (nSPS) is 22.9. The molecule has 3 aromatic heterocycles. The number of nitrogens with zero attached hydrogens (tertiary/aromatic N) is 4. The predicted molar refractivity (Wildman–Crippen MR) is 144 cm³/mol. The molecule has 11 heteroatoms. The Balaban J connectivity index is 1.07. The van der Waals surface area contributed by atoms with Crippen molar-refractivity contribution >= 4 is 31.8 Å². The van der Waals surface area contributed by atoms with Crippen molar-refractivity contribution in [2.24, 2.45) is 11.8 Å². The van der Waals surface area contributed by atoms with E-state index >= 15 is 0 Å². The molecule has 4 aromatic rings. The number of H-pyrrole nitrogens is 1. The van der Waals surface area contributed by atoms with E-state index in [0.29, 0.717) is 13.1 Å². The lowest BCUT2D eigenvalue weighted by Gasteiger charge is -2.34. The number of nitrogens with one attached hydrogen (secondary N) is 1. The first kappa shape index (κ1) is 26.1. The first-order chi connectivity index (χ1) is 18.9.